The molecule has 10 bridgehead atoms. The van der Waals surface area contributed by atoms with Crippen molar-refractivity contribution in [3.63, 3.8) is 0 Å². The van der Waals surface area contributed by atoms with Crippen molar-refractivity contribution >= 4 is 42.2 Å². The number of ether oxygens (including phenoxy) is 9. The zero-order valence-electron chi connectivity index (χ0n) is 50.0. The minimum Gasteiger partial charge on any atom is -0.465 e. The lowest BCUT2D eigenvalue weighted by molar-refractivity contribution is -0.228. The van der Waals surface area contributed by atoms with E-state index in [1.165, 1.54) is 32.1 Å². The molecular formula is C70H130O16. The molecule has 0 spiro atoms. The van der Waals surface area contributed by atoms with Crippen LogP contribution in [0.25, 0.3) is 0 Å². The molecule has 0 aromatic carbocycles. The number of carbonyl (C=O) groups excluding carboxylic acids is 7. The first-order chi connectivity index (χ1) is 36.5. The molecule has 2 saturated heterocycles. The van der Waals surface area contributed by atoms with Crippen LogP contribution in [-0.4, -0.2) is 97.1 Å². The van der Waals surface area contributed by atoms with Gasteiger partial charge in [0.05, 0.1) is 34.2 Å². The first kappa shape index (κ1) is 84.0. The Morgan fingerprint density at radius 2 is 0.988 bits per heavy atom. The number of rotatable bonds is 17. The largest absolute Gasteiger partial charge is 0.508 e. The summed E-state index contributed by atoms with van der Waals surface area (Å²) in [6.07, 6.45) is 15.9. The summed E-state index contributed by atoms with van der Waals surface area (Å²) >= 11 is 0. The van der Waals surface area contributed by atoms with Gasteiger partial charge in [-0.25, -0.2) is 9.59 Å². The van der Waals surface area contributed by atoms with Gasteiger partial charge in [0.2, 0.25) is 0 Å². The molecule has 2 heterocycles. The topological polar surface area (TPSA) is 203 Å². The monoisotopic (exact) mass is 1230 g/mol. The van der Waals surface area contributed by atoms with Crippen molar-refractivity contribution in [2.45, 2.75) is 313 Å². The Bertz CT molecular complexity index is 2150. The standard InChI is InChI=1S/C21H30O8.C17H28O2.C14H20O4.C10H20O2.8CH4/c1-4-19(2,3)16(22)28-20-6-13-5-14(7-20)9-21(8-13,12-20)29-18(24)26-11-15-10-25-17(23)27-15;1-5-16(2,3)15(18)19-17(4)13-7-11-6-12(9-13)10-14(17)8-11;1-4-14(2,3)13(16)18-10-7-5-8-9(6-7)12(15)17-11(8)10;1-5-7-8-12-9(11)10(3,4)6-2;;;;;;;;/h13-15H,4-12H2,1-3H3;11-14H,5-10H2,1-4H3;7-11H,4-6H2,1-3H3;5-8H2,1-4H3;8*1H4. The molecule has 8 unspecified atom stereocenters. The number of hydrogen-bond donors (Lipinski definition) is 0. The summed E-state index contributed by atoms with van der Waals surface area (Å²) in [5.41, 5.74) is -3.01. The molecule has 86 heavy (non-hydrogen) atoms. The molecule has 16 nitrogen and oxygen atoms in total. The molecule has 12 fully saturated rings. The lowest BCUT2D eigenvalue weighted by Gasteiger charge is -2.60. The Labute approximate surface area is 524 Å². The lowest BCUT2D eigenvalue weighted by atomic mass is 9.50. The average Bonchev–Trinajstić information content (AvgIpc) is 1.19. The minimum absolute atomic E-state index is 0. The van der Waals surface area contributed by atoms with Gasteiger partial charge in [0.25, 0.3) is 0 Å². The molecule has 2 aliphatic heterocycles. The number of cyclic esters (lactones) is 2. The van der Waals surface area contributed by atoms with Crippen LogP contribution in [0.3, 0.4) is 0 Å². The van der Waals surface area contributed by atoms with Crippen LogP contribution in [0.5, 0.6) is 0 Å². The van der Waals surface area contributed by atoms with Gasteiger partial charge in [0, 0.05) is 18.3 Å². The second-order valence-corrected chi connectivity index (χ2v) is 28.3. The van der Waals surface area contributed by atoms with Crippen LogP contribution in [0, 0.1) is 74.9 Å². The highest BCUT2D eigenvalue weighted by Gasteiger charge is 2.65. The second-order valence-electron chi connectivity index (χ2n) is 28.3. The third-order valence-electron chi connectivity index (χ3n) is 20.8. The highest BCUT2D eigenvalue weighted by atomic mass is 16.8. The van der Waals surface area contributed by atoms with Crippen LogP contribution >= 0.6 is 0 Å². The number of unbranched alkanes of at least 4 members (excludes halogenated alkanes) is 1. The fourth-order valence-corrected chi connectivity index (χ4v) is 14.5. The van der Waals surface area contributed by atoms with Gasteiger partial charge in [-0.1, -0.05) is 100 Å². The molecule has 16 heteroatoms. The number of carbonyl (C=O) groups is 7. The molecule has 0 radical (unpaired) electrons. The predicted molar refractivity (Wildman–Crippen MR) is 342 cm³/mol. The highest BCUT2D eigenvalue weighted by molar-refractivity contribution is 5.79. The molecule has 12 aliphatic rings. The Hall–Kier alpha value is -4.11. The van der Waals surface area contributed by atoms with Crippen LogP contribution < -0.4 is 0 Å². The first-order valence-electron chi connectivity index (χ1n) is 30.2. The minimum atomic E-state index is -0.773. The van der Waals surface area contributed by atoms with E-state index in [1.807, 2.05) is 76.2 Å². The van der Waals surface area contributed by atoms with Gasteiger partial charge >= 0.3 is 42.2 Å². The molecule has 0 amide bonds. The molecule has 0 aromatic heterocycles. The van der Waals surface area contributed by atoms with Crippen molar-refractivity contribution in [3.8, 4) is 0 Å². The summed E-state index contributed by atoms with van der Waals surface area (Å²) in [4.78, 5) is 83.7. The Morgan fingerprint density at radius 1 is 0.535 bits per heavy atom. The van der Waals surface area contributed by atoms with Crippen LogP contribution in [-0.2, 0) is 66.6 Å². The fourth-order valence-electron chi connectivity index (χ4n) is 14.5. The van der Waals surface area contributed by atoms with E-state index in [-0.39, 0.29) is 137 Å². The average molecular weight is 1230 g/mol. The summed E-state index contributed by atoms with van der Waals surface area (Å²) < 4.78 is 48.9. The molecule has 10 saturated carbocycles. The van der Waals surface area contributed by atoms with Gasteiger partial charge in [-0.05, 0) is 207 Å². The Morgan fingerprint density at radius 3 is 1.45 bits per heavy atom. The summed E-state index contributed by atoms with van der Waals surface area (Å²) in [7, 11) is 0. The fraction of sp³-hybridized carbons (Fsp3) is 0.900. The van der Waals surface area contributed by atoms with Crippen molar-refractivity contribution in [1.82, 2.24) is 0 Å². The van der Waals surface area contributed by atoms with Crippen molar-refractivity contribution in [3.05, 3.63) is 0 Å². The third kappa shape index (κ3) is 18.5. The van der Waals surface area contributed by atoms with Gasteiger partial charge in [-0.2, -0.15) is 0 Å². The van der Waals surface area contributed by atoms with Crippen LogP contribution in [0.15, 0.2) is 0 Å². The number of fused-ring (bicyclic) bond motifs is 1. The van der Waals surface area contributed by atoms with Crippen LogP contribution in [0.1, 0.15) is 278 Å². The van der Waals surface area contributed by atoms with Gasteiger partial charge in [-0.15, -0.1) is 0 Å². The quantitative estimate of drug-likeness (QED) is 0.0755. The van der Waals surface area contributed by atoms with Gasteiger partial charge in [-0.3, -0.25) is 24.0 Å². The maximum absolute atomic E-state index is 12.8. The molecule has 0 N–H and O–H groups in total. The smallest absolute Gasteiger partial charge is 0.465 e. The SMILES string of the molecule is C.C.C.C.C.C.C.C.CCC(C)(C)C(=O)OC1(C)C2CC3CC(C2)CC1C3.CCC(C)(C)C(=O)OC12CC3CC(CC(OC(=O)OCC4COC(=O)O4)(C3)C1)C2.CCC(C)(C)C(=O)OC1C2CC3C(=O)OC1C3C2.CCCCOC(=O)C(C)(C)CC. The van der Waals surface area contributed by atoms with E-state index in [1.54, 1.807) is 0 Å². The summed E-state index contributed by atoms with van der Waals surface area (Å²) in [5.74, 6) is 4.08. The van der Waals surface area contributed by atoms with E-state index in [0.717, 1.165) is 88.9 Å². The molecule has 506 valence electrons. The zero-order chi connectivity index (χ0) is 57.4. The highest BCUT2D eigenvalue weighted by Crippen LogP contribution is 2.62. The Kier molecular flexibility index (Phi) is 31.8. The Balaban J connectivity index is 0. The van der Waals surface area contributed by atoms with Crippen molar-refractivity contribution in [2.75, 3.05) is 19.8 Å². The first-order valence-corrected chi connectivity index (χ1v) is 30.2. The van der Waals surface area contributed by atoms with Crippen molar-refractivity contribution in [1.29, 1.82) is 0 Å². The maximum atomic E-state index is 12.8. The van der Waals surface area contributed by atoms with Crippen molar-refractivity contribution < 1.29 is 76.2 Å². The molecular weight excluding hydrogens is 1100 g/mol. The van der Waals surface area contributed by atoms with Gasteiger partial charge < -0.3 is 42.6 Å². The second kappa shape index (κ2) is 32.6. The molecule has 10 aliphatic carbocycles. The van der Waals surface area contributed by atoms with Gasteiger partial charge in [0.15, 0.2) is 6.10 Å². The maximum Gasteiger partial charge on any atom is 0.508 e. The van der Waals surface area contributed by atoms with Crippen molar-refractivity contribution in [2.24, 2.45) is 74.9 Å². The van der Waals surface area contributed by atoms with Crippen LogP contribution in [0.4, 0.5) is 9.59 Å². The van der Waals surface area contributed by atoms with Crippen LogP contribution in [0.2, 0.25) is 0 Å². The van der Waals surface area contributed by atoms with E-state index in [2.05, 4.69) is 25.5 Å². The predicted octanol–water partition coefficient (Wildman–Crippen LogP) is 17.7. The number of esters is 5. The molecule has 8 atom stereocenters. The molecule has 0 aromatic rings. The normalized spacial score (nSPS) is 32.7. The summed E-state index contributed by atoms with van der Waals surface area (Å²) in [6, 6.07) is 0. The summed E-state index contributed by atoms with van der Waals surface area (Å²) in [5, 5.41) is 0. The van der Waals surface area contributed by atoms with E-state index >= 15 is 0 Å². The van der Waals surface area contributed by atoms with E-state index in [9.17, 15) is 33.6 Å². The summed E-state index contributed by atoms with van der Waals surface area (Å²) in [6.45, 7) is 28.3. The van der Waals surface area contributed by atoms with Gasteiger partial charge in [0.1, 0.15) is 42.2 Å². The van der Waals surface area contributed by atoms with E-state index in [0.29, 0.717) is 55.0 Å². The van der Waals surface area contributed by atoms with E-state index in [4.69, 9.17) is 37.9 Å². The van der Waals surface area contributed by atoms with E-state index < -0.39 is 40.4 Å². The third-order valence-corrected chi connectivity index (χ3v) is 20.8. The number of hydrogen-bond acceptors (Lipinski definition) is 16. The zero-order valence-corrected chi connectivity index (χ0v) is 50.0. The lowest BCUT2D eigenvalue weighted by Crippen LogP contribution is -2.62. The molecule has 12 rings (SSSR count).